The summed E-state index contributed by atoms with van der Waals surface area (Å²) in [5.74, 6) is 0. The molecule has 16 heavy (non-hydrogen) atoms. The van der Waals surface area contributed by atoms with Gasteiger partial charge >= 0.3 is 0 Å². The van der Waals surface area contributed by atoms with E-state index in [1.165, 1.54) is 32.7 Å². The first-order valence-electron chi connectivity index (χ1n) is 5.99. The van der Waals surface area contributed by atoms with Crippen LogP contribution in [0.3, 0.4) is 0 Å². The van der Waals surface area contributed by atoms with Crippen molar-refractivity contribution in [2.45, 2.75) is 26.7 Å². The molecular formula is C16H14. The maximum absolute atomic E-state index is 2.33. The summed E-state index contributed by atoms with van der Waals surface area (Å²) in [7, 11) is 0. The largest absolute Gasteiger partial charge is 0.0610 e. The summed E-state index contributed by atoms with van der Waals surface area (Å²) in [6, 6.07) is 9.31. The lowest BCUT2D eigenvalue weighted by Crippen LogP contribution is -2.10. The average Bonchev–Trinajstić information content (AvgIpc) is 2.76. The molecule has 0 fully saturated rings. The Kier molecular flexibility index (Phi) is 1.38. The highest BCUT2D eigenvalue weighted by Gasteiger charge is 2.18. The van der Waals surface area contributed by atoms with Crippen LogP contribution in [-0.2, 0) is 12.8 Å². The molecular weight excluding hydrogens is 192 g/mol. The number of benzene rings is 2. The molecule has 0 N–H and O–H groups in total. The molecule has 2 aliphatic carbocycles. The van der Waals surface area contributed by atoms with Crippen molar-refractivity contribution in [2.24, 2.45) is 0 Å². The summed E-state index contributed by atoms with van der Waals surface area (Å²) < 4.78 is 0. The third-order valence-corrected chi connectivity index (χ3v) is 4.16. The van der Waals surface area contributed by atoms with Gasteiger partial charge in [-0.15, -0.1) is 0 Å². The van der Waals surface area contributed by atoms with Crippen molar-refractivity contribution in [2.75, 3.05) is 0 Å². The molecule has 2 aliphatic rings. The van der Waals surface area contributed by atoms with Gasteiger partial charge in [0.15, 0.2) is 0 Å². The SMILES string of the molecule is CC1=c2ccc3c4c(ccc(c24)C1)CC=3C. The molecule has 0 heterocycles. The minimum atomic E-state index is 1.15. The summed E-state index contributed by atoms with van der Waals surface area (Å²) >= 11 is 0. The molecule has 0 aromatic heterocycles. The van der Waals surface area contributed by atoms with Crippen LogP contribution in [0.5, 0.6) is 0 Å². The van der Waals surface area contributed by atoms with Crippen LogP contribution in [0.2, 0.25) is 0 Å². The lowest BCUT2D eigenvalue weighted by molar-refractivity contribution is 1.29. The predicted octanol–water partition coefficient (Wildman–Crippen LogP) is 2.29. The van der Waals surface area contributed by atoms with E-state index in [1.807, 2.05) is 0 Å². The van der Waals surface area contributed by atoms with Crippen molar-refractivity contribution in [1.29, 1.82) is 0 Å². The summed E-state index contributed by atoms with van der Waals surface area (Å²) in [5, 5.41) is 6.07. The number of hydrogen-bond acceptors (Lipinski definition) is 0. The second-order valence-electron chi connectivity index (χ2n) is 5.21. The average molecular weight is 206 g/mol. The molecule has 0 amide bonds. The summed E-state index contributed by atoms with van der Waals surface area (Å²) in [4.78, 5) is 0. The van der Waals surface area contributed by atoms with Gasteiger partial charge in [0.1, 0.15) is 0 Å². The zero-order chi connectivity index (χ0) is 10.9. The van der Waals surface area contributed by atoms with Crippen molar-refractivity contribution in [3.05, 3.63) is 45.8 Å². The van der Waals surface area contributed by atoms with E-state index in [0.717, 1.165) is 12.8 Å². The van der Waals surface area contributed by atoms with E-state index >= 15 is 0 Å². The van der Waals surface area contributed by atoms with E-state index < -0.39 is 0 Å². The standard InChI is InChI=1S/C16H14/c1-9-7-11-3-4-12-8-10(2)14-6-5-13(9)15(11)16(12)14/h3-6H,7-8H2,1-2H3. The Hall–Kier alpha value is -1.56. The second-order valence-corrected chi connectivity index (χ2v) is 5.21. The van der Waals surface area contributed by atoms with Crippen LogP contribution >= 0.6 is 0 Å². The smallest absolute Gasteiger partial charge is 0.00543 e. The third-order valence-electron chi connectivity index (χ3n) is 4.16. The van der Waals surface area contributed by atoms with Gasteiger partial charge < -0.3 is 0 Å². The topological polar surface area (TPSA) is 0 Å². The van der Waals surface area contributed by atoms with Crippen molar-refractivity contribution in [3.8, 4) is 0 Å². The van der Waals surface area contributed by atoms with Crippen LogP contribution in [0.4, 0.5) is 0 Å². The normalized spacial score (nSPS) is 16.6. The van der Waals surface area contributed by atoms with E-state index in [-0.39, 0.29) is 0 Å². The van der Waals surface area contributed by atoms with Gasteiger partial charge in [0.25, 0.3) is 0 Å². The highest BCUT2D eigenvalue weighted by molar-refractivity contribution is 5.97. The van der Waals surface area contributed by atoms with Gasteiger partial charge in [0.05, 0.1) is 0 Å². The van der Waals surface area contributed by atoms with Gasteiger partial charge in [-0.05, 0) is 59.0 Å². The Morgan fingerprint density at radius 2 is 1.12 bits per heavy atom. The van der Waals surface area contributed by atoms with Crippen LogP contribution in [0.15, 0.2) is 24.3 Å². The highest BCUT2D eigenvalue weighted by atomic mass is 14.2. The molecule has 0 radical (unpaired) electrons. The van der Waals surface area contributed by atoms with E-state index in [1.54, 1.807) is 10.8 Å². The van der Waals surface area contributed by atoms with E-state index in [4.69, 9.17) is 0 Å². The number of rotatable bonds is 0. The van der Waals surface area contributed by atoms with Crippen LogP contribution in [0, 0.1) is 0 Å². The molecule has 0 saturated heterocycles. The second kappa shape index (κ2) is 2.57. The molecule has 0 spiro atoms. The maximum Gasteiger partial charge on any atom is -0.00543 e. The van der Waals surface area contributed by atoms with Crippen molar-refractivity contribution < 1.29 is 0 Å². The van der Waals surface area contributed by atoms with Crippen molar-refractivity contribution >= 4 is 21.9 Å². The predicted molar refractivity (Wildman–Crippen MR) is 68.8 cm³/mol. The van der Waals surface area contributed by atoms with E-state index in [9.17, 15) is 0 Å². The third kappa shape index (κ3) is 0.824. The molecule has 0 bridgehead atoms. The van der Waals surface area contributed by atoms with Gasteiger partial charge in [-0.2, -0.15) is 0 Å². The maximum atomic E-state index is 2.33. The summed E-state index contributed by atoms with van der Waals surface area (Å²) in [5.41, 5.74) is 6.12. The lowest BCUT2D eigenvalue weighted by Gasteiger charge is -2.02. The first-order chi connectivity index (χ1) is 7.75. The van der Waals surface area contributed by atoms with Crippen LogP contribution in [-0.4, -0.2) is 0 Å². The van der Waals surface area contributed by atoms with Gasteiger partial charge in [-0.1, -0.05) is 35.4 Å². The van der Waals surface area contributed by atoms with Crippen LogP contribution in [0.25, 0.3) is 21.9 Å². The zero-order valence-electron chi connectivity index (χ0n) is 9.72. The van der Waals surface area contributed by atoms with Crippen LogP contribution in [0.1, 0.15) is 25.0 Å². The minimum absolute atomic E-state index is 1.15. The molecule has 0 atom stereocenters. The molecule has 2 aromatic carbocycles. The van der Waals surface area contributed by atoms with Gasteiger partial charge in [-0.3, -0.25) is 0 Å². The molecule has 78 valence electrons. The Bertz CT molecular complexity index is 694. The van der Waals surface area contributed by atoms with E-state index in [0.29, 0.717) is 0 Å². The number of hydrogen-bond donors (Lipinski definition) is 0. The Labute approximate surface area is 94.9 Å². The highest BCUT2D eigenvalue weighted by Crippen LogP contribution is 2.29. The first kappa shape index (κ1) is 8.58. The molecule has 0 nitrogen and oxygen atoms in total. The van der Waals surface area contributed by atoms with Crippen molar-refractivity contribution in [3.63, 3.8) is 0 Å². The fourth-order valence-electron chi connectivity index (χ4n) is 3.41. The first-order valence-corrected chi connectivity index (χ1v) is 5.99. The lowest BCUT2D eigenvalue weighted by atomic mass is 10.0. The molecule has 0 unspecified atom stereocenters. The van der Waals surface area contributed by atoms with Gasteiger partial charge in [-0.25, -0.2) is 0 Å². The molecule has 0 heteroatoms. The Morgan fingerprint density at radius 3 is 1.56 bits per heavy atom. The van der Waals surface area contributed by atoms with E-state index in [2.05, 4.69) is 38.1 Å². The molecule has 0 aliphatic heterocycles. The fourth-order valence-corrected chi connectivity index (χ4v) is 3.41. The summed E-state index contributed by atoms with van der Waals surface area (Å²) in [6.45, 7) is 4.53. The molecule has 0 saturated carbocycles. The quantitative estimate of drug-likeness (QED) is 0.620. The monoisotopic (exact) mass is 206 g/mol. The van der Waals surface area contributed by atoms with Gasteiger partial charge in [0, 0.05) is 0 Å². The molecule has 2 aromatic rings. The summed E-state index contributed by atoms with van der Waals surface area (Å²) in [6.07, 6.45) is 2.29. The Balaban J connectivity index is 2.44. The van der Waals surface area contributed by atoms with Gasteiger partial charge in [0.2, 0.25) is 0 Å². The molecule has 4 rings (SSSR count). The fraction of sp³-hybridized carbons (Fsp3) is 0.250. The zero-order valence-corrected chi connectivity index (χ0v) is 9.72. The van der Waals surface area contributed by atoms with Crippen LogP contribution < -0.4 is 10.4 Å². The van der Waals surface area contributed by atoms with Crippen molar-refractivity contribution in [1.82, 2.24) is 0 Å². The minimum Gasteiger partial charge on any atom is -0.0610 e. The Morgan fingerprint density at radius 1 is 0.688 bits per heavy atom.